The van der Waals surface area contributed by atoms with E-state index < -0.39 is 0 Å². The molecule has 1 unspecified atom stereocenters. The Kier molecular flexibility index (Phi) is 4.74. The van der Waals surface area contributed by atoms with Gasteiger partial charge in [0.2, 0.25) is 0 Å². The number of benzene rings is 1. The molecule has 102 valence electrons. The predicted molar refractivity (Wildman–Crippen MR) is 79.2 cm³/mol. The molecule has 0 aliphatic rings. The lowest BCUT2D eigenvalue weighted by atomic mass is 10.0. The van der Waals surface area contributed by atoms with Crippen molar-refractivity contribution < 1.29 is 0 Å². The predicted octanol–water partition coefficient (Wildman–Crippen LogP) is 3.36. The summed E-state index contributed by atoms with van der Waals surface area (Å²) >= 11 is 0. The van der Waals surface area contributed by atoms with Gasteiger partial charge in [-0.05, 0) is 25.3 Å². The van der Waals surface area contributed by atoms with Gasteiger partial charge in [0.15, 0.2) is 0 Å². The van der Waals surface area contributed by atoms with Crippen molar-refractivity contribution in [2.75, 3.05) is 6.54 Å². The van der Waals surface area contributed by atoms with E-state index in [1.807, 2.05) is 12.5 Å². The van der Waals surface area contributed by atoms with E-state index in [1.54, 1.807) is 0 Å². The molecule has 1 aromatic carbocycles. The minimum absolute atomic E-state index is 0.464. The van der Waals surface area contributed by atoms with Crippen LogP contribution in [0.15, 0.2) is 42.9 Å². The van der Waals surface area contributed by atoms with E-state index in [4.69, 9.17) is 0 Å². The summed E-state index contributed by atoms with van der Waals surface area (Å²) in [6.45, 7) is 8.46. The number of imidazole rings is 1. The molecule has 0 amide bonds. The summed E-state index contributed by atoms with van der Waals surface area (Å²) in [6, 6.07) is 11.1. The highest BCUT2D eigenvalue weighted by Crippen LogP contribution is 2.14. The van der Waals surface area contributed by atoms with Crippen LogP contribution in [-0.4, -0.2) is 16.1 Å². The first-order chi connectivity index (χ1) is 9.18. The van der Waals surface area contributed by atoms with Crippen LogP contribution in [0.3, 0.4) is 0 Å². The summed E-state index contributed by atoms with van der Waals surface area (Å²) < 4.78 is 2.21. The molecule has 0 radical (unpaired) electrons. The van der Waals surface area contributed by atoms with Crippen molar-refractivity contribution in [2.24, 2.45) is 0 Å². The Labute approximate surface area is 115 Å². The largest absolute Gasteiger partial charge is 0.331 e. The van der Waals surface area contributed by atoms with Crippen LogP contribution >= 0.6 is 0 Å². The Balaban J connectivity index is 1.85. The maximum absolute atomic E-state index is 4.22. The van der Waals surface area contributed by atoms with Gasteiger partial charge in [-0.3, -0.25) is 0 Å². The highest BCUT2D eigenvalue weighted by atomic mass is 15.1. The Morgan fingerprint density at radius 3 is 2.58 bits per heavy atom. The fourth-order valence-corrected chi connectivity index (χ4v) is 2.25. The topological polar surface area (TPSA) is 29.9 Å². The van der Waals surface area contributed by atoms with E-state index in [2.05, 4.69) is 66.0 Å². The molecule has 3 heteroatoms. The number of hydrogen-bond acceptors (Lipinski definition) is 2. The lowest BCUT2D eigenvalue weighted by Crippen LogP contribution is -2.21. The molecule has 2 rings (SSSR count). The summed E-state index contributed by atoms with van der Waals surface area (Å²) in [5.41, 5.74) is 2.63. The third-order valence-corrected chi connectivity index (χ3v) is 3.43. The SMILES string of the molecule is CC(CNCc1cncn1C(C)C)c1ccccc1. The molecule has 0 saturated carbocycles. The maximum Gasteiger partial charge on any atom is 0.0951 e. The van der Waals surface area contributed by atoms with Gasteiger partial charge in [-0.15, -0.1) is 0 Å². The molecule has 0 fully saturated rings. The average molecular weight is 257 g/mol. The van der Waals surface area contributed by atoms with Crippen molar-refractivity contribution in [2.45, 2.75) is 39.3 Å². The van der Waals surface area contributed by atoms with E-state index >= 15 is 0 Å². The van der Waals surface area contributed by atoms with Gasteiger partial charge in [0, 0.05) is 25.3 Å². The molecule has 1 N–H and O–H groups in total. The minimum Gasteiger partial charge on any atom is -0.331 e. The van der Waals surface area contributed by atoms with Crippen molar-refractivity contribution in [1.29, 1.82) is 0 Å². The third-order valence-electron chi connectivity index (χ3n) is 3.43. The fraction of sp³-hybridized carbons (Fsp3) is 0.438. The normalized spacial score (nSPS) is 12.8. The van der Waals surface area contributed by atoms with Crippen LogP contribution in [0.4, 0.5) is 0 Å². The van der Waals surface area contributed by atoms with Crippen LogP contribution in [0.25, 0.3) is 0 Å². The number of nitrogens with one attached hydrogen (secondary N) is 1. The Bertz CT molecular complexity index is 488. The quantitative estimate of drug-likeness (QED) is 0.860. The van der Waals surface area contributed by atoms with Crippen LogP contribution in [0.2, 0.25) is 0 Å². The highest BCUT2D eigenvalue weighted by molar-refractivity contribution is 5.19. The van der Waals surface area contributed by atoms with Crippen molar-refractivity contribution in [3.8, 4) is 0 Å². The summed E-state index contributed by atoms with van der Waals surface area (Å²) in [4.78, 5) is 4.22. The molecule has 19 heavy (non-hydrogen) atoms. The van der Waals surface area contributed by atoms with Gasteiger partial charge in [-0.25, -0.2) is 4.98 Å². The smallest absolute Gasteiger partial charge is 0.0951 e. The first-order valence-corrected chi connectivity index (χ1v) is 6.95. The Morgan fingerprint density at radius 2 is 1.89 bits per heavy atom. The van der Waals surface area contributed by atoms with Crippen molar-refractivity contribution in [3.63, 3.8) is 0 Å². The minimum atomic E-state index is 0.464. The van der Waals surface area contributed by atoms with Gasteiger partial charge in [-0.2, -0.15) is 0 Å². The maximum atomic E-state index is 4.22. The summed E-state index contributed by atoms with van der Waals surface area (Å²) in [5, 5.41) is 3.52. The molecule has 0 spiro atoms. The highest BCUT2D eigenvalue weighted by Gasteiger charge is 2.07. The first kappa shape index (κ1) is 13.8. The second kappa shape index (κ2) is 6.53. The monoisotopic (exact) mass is 257 g/mol. The van der Waals surface area contributed by atoms with E-state index in [9.17, 15) is 0 Å². The van der Waals surface area contributed by atoms with Crippen LogP contribution < -0.4 is 5.32 Å². The molecule has 1 heterocycles. The zero-order valence-corrected chi connectivity index (χ0v) is 12.0. The summed E-state index contributed by atoms with van der Waals surface area (Å²) in [5.74, 6) is 0.525. The van der Waals surface area contributed by atoms with Crippen molar-refractivity contribution >= 4 is 0 Å². The lowest BCUT2D eigenvalue weighted by molar-refractivity contribution is 0.539. The van der Waals surface area contributed by atoms with E-state index in [0.717, 1.165) is 13.1 Å². The second-order valence-electron chi connectivity index (χ2n) is 5.33. The average Bonchev–Trinajstić information content (AvgIpc) is 2.88. The third kappa shape index (κ3) is 3.67. The molecule has 1 aromatic heterocycles. The molecule has 0 aliphatic carbocycles. The molecule has 2 aromatic rings. The zero-order chi connectivity index (χ0) is 13.7. The van der Waals surface area contributed by atoms with E-state index in [-0.39, 0.29) is 0 Å². The molecule has 3 nitrogen and oxygen atoms in total. The van der Waals surface area contributed by atoms with Crippen molar-refractivity contribution in [3.05, 3.63) is 54.1 Å². The van der Waals surface area contributed by atoms with Gasteiger partial charge < -0.3 is 9.88 Å². The van der Waals surface area contributed by atoms with E-state index in [1.165, 1.54) is 11.3 Å². The fourth-order valence-electron chi connectivity index (χ4n) is 2.25. The van der Waals surface area contributed by atoms with Crippen LogP contribution in [0.5, 0.6) is 0 Å². The molecule has 1 atom stereocenters. The van der Waals surface area contributed by atoms with Crippen LogP contribution in [0.1, 0.15) is 44.0 Å². The number of rotatable bonds is 6. The van der Waals surface area contributed by atoms with Crippen LogP contribution in [0, 0.1) is 0 Å². The van der Waals surface area contributed by atoms with Gasteiger partial charge in [0.25, 0.3) is 0 Å². The van der Waals surface area contributed by atoms with E-state index in [0.29, 0.717) is 12.0 Å². The lowest BCUT2D eigenvalue weighted by Gasteiger charge is -2.15. The molecular formula is C16H23N3. The summed E-state index contributed by atoms with van der Waals surface area (Å²) in [6.07, 6.45) is 3.85. The number of hydrogen-bond donors (Lipinski definition) is 1. The Morgan fingerprint density at radius 1 is 1.16 bits per heavy atom. The van der Waals surface area contributed by atoms with Gasteiger partial charge in [0.05, 0.1) is 12.0 Å². The zero-order valence-electron chi connectivity index (χ0n) is 12.0. The number of nitrogens with zero attached hydrogens (tertiary/aromatic N) is 2. The van der Waals surface area contributed by atoms with Gasteiger partial charge in [0.1, 0.15) is 0 Å². The molecular weight excluding hydrogens is 234 g/mol. The van der Waals surface area contributed by atoms with Gasteiger partial charge in [-0.1, -0.05) is 37.3 Å². The molecule has 0 aliphatic heterocycles. The Hall–Kier alpha value is -1.61. The van der Waals surface area contributed by atoms with Crippen LogP contribution in [-0.2, 0) is 6.54 Å². The second-order valence-corrected chi connectivity index (χ2v) is 5.33. The molecule has 0 bridgehead atoms. The summed E-state index contributed by atoms with van der Waals surface area (Å²) in [7, 11) is 0. The first-order valence-electron chi connectivity index (χ1n) is 6.95. The van der Waals surface area contributed by atoms with Gasteiger partial charge >= 0.3 is 0 Å². The van der Waals surface area contributed by atoms with Crippen molar-refractivity contribution in [1.82, 2.24) is 14.9 Å². The molecule has 0 saturated heterocycles. The number of aromatic nitrogens is 2. The standard InChI is InChI=1S/C16H23N3/c1-13(2)19-12-18-11-16(19)10-17-9-14(3)15-7-5-4-6-8-15/h4-8,11-14,17H,9-10H2,1-3H3.